The molecule has 1 heterocycles. The maximum atomic E-state index is 5.70. The predicted octanol–water partition coefficient (Wildman–Crippen LogP) is 1.84. The quantitative estimate of drug-likeness (QED) is 0.603. The topological polar surface area (TPSA) is 47.3 Å². The lowest BCUT2D eigenvalue weighted by Crippen LogP contribution is -2.34. The van der Waals surface area contributed by atoms with Crippen LogP contribution in [0, 0.1) is 19.8 Å². The Kier molecular flexibility index (Phi) is 3.59. The van der Waals surface area contributed by atoms with Gasteiger partial charge in [0.2, 0.25) is 0 Å². The maximum absolute atomic E-state index is 5.70. The highest BCUT2D eigenvalue weighted by atomic mass is 16.5. The first-order valence-electron chi connectivity index (χ1n) is 5.83. The Morgan fingerprint density at radius 2 is 2.25 bits per heavy atom. The maximum Gasteiger partial charge on any atom is 0.0513 e. The summed E-state index contributed by atoms with van der Waals surface area (Å²) in [6.07, 6.45) is 1.09. The molecule has 16 heavy (non-hydrogen) atoms. The lowest BCUT2D eigenvalue weighted by molar-refractivity contribution is 0.176. The Morgan fingerprint density at radius 3 is 2.88 bits per heavy atom. The van der Waals surface area contributed by atoms with Crippen molar-refractivity contribution in [1.29, 1.82) is 0 Å². The first-order chi connectivity index (χ1) is 7.72. The average Bonchev–Trinajstić information content (AvgIpc) is 2.78. The van der Waals surface area contributed by atoms with Crippen molar-refractivity contribution < 1.29 is 4.74 Å². The molecule has 0 saturated carbocycles. The van der Waals surface area contributed by atoms with Gasteiger partial charge in [-0.1, -0.05) is 23.8 Å². The molecule has 0 aromatic heterocycles. The van der Waals surface area contributed by atoms with Crippen LogP contribution in [0.2, 0.25) is 0 Å². The van der Waals surface area contributed by atoms with Gasteiger partial charge in [-0.15, -0.1) is 0 Å². The normalized spacial score (nSPS) is 22.3. The van der Waals surface area contributed by atoms with E-state index in [-0.39, 0.29) is 6.04 Å². The van der Waals surface area contributed by atoms with Gasteiger partial charge in [-0.2, -0.15) is 0 Å². The molecule has 0 radical (unpaired) electrons. The lowest BCUT2D eigenvalue weighted by Gasteiger charge is -2.24. The highest BCUT2D eigenvalue weighted by Gasteiger charge is 2.27. The van der Waals surface area contributed by atoms with Gasteiger partial charge in [0.15, 0.2) is 0 Å². The molecule has 0 amide bonds. The molecule has 1 fully saturated rings. The van der Waals surface area contributed by atoms with Crippen LogP contribution in [0.25, 0.3) is 0 Å². The van der Waals surface area contributed by atoms with Gasteiger partial charge in [0.1, 0.15) is 0 Å². The van der Waals surface area contributed by atoms with Crippen molar-refractivity contribution in [2.75, 3.05) is 13.2 Å². The standard InChI is InChI=1S/C13H20N2O/c1-9-3-4-10(2)12(7-9)13(15-14)11-5-6-16-8-11/h3-4,7,11,13,15H,5-6,8,14H2,1-2H3. The molecule has 0 bridgehead atoms. The minimum atomic E-state index is 0.211. The Hall–Kier alpha value is -0.900. The number of hydrogen-bond acceptors (Lipinski definition) is 3. The van der Waals surface area contributed by atoms with Crippen molar-refractivity contribution in [3.63, 3.8) is 0 Å². The number of hydrogen-bond donors (Lipinski definition) is 2. The van der Waals surface area contributed by atoms with E-state index < -0.39 is 0 Å². The van der Waals surface area contributed by atoms with Crippen LogP contribution < -0.4 is 11.3 Å². The second kappa shape index (κ2) is 4.95. The Bertz CT molecular complexity index is 359. The highest BCUT2D eigenvalue weighted by molar-refractivity contribution is 5.33. The SMILES string of the molecule is Cc1ccc(C)c(C(NN)C2CCOC2)c1. The van der Waals surface area contributed by atoms with Crippen LogP contribution in [-0.4, -0.2) is 13.2 Å². The minimum absolute atomic E-state index is 0.211. The van der Waals surface area contributed by atoms with E-state index in [4.69, 9.17) is 10.6 Å². The lowest BCUT2D eigenvalue weighted by atomic mass is 9.89. The molecule has 1 saturated heterocycles. The van der Waals surface area contributed by atoms with Crippen molar-refractivity contribution >= 4 is 0 Å². The van der Waals surface area contributed by atoms with Gasteiger partial charge >= 0.3 is 0 Å². The fourth-order valence-corrected chi connectivity index (χ4v) is 2.39. The number of hydrazine groups is 1. The van der Waals surface area contributed by atoms with E-state index >= 15 is 0 Å². The summed E-state index contributed by atoms with van der Waals surface area (Å²) in [7, 11) is 0. The smallest absolute Gasteiger partial charge is 0.0513 e. The molecule has 3 N–H and O–H groups in total. The van der Waals surface area contributed by atoms with Crippen LogP contribution in [0.1, 0.15) is 29.2 Å². The number of benzene rings is 1. The van der Waals surface area contributed by atoms with Gasteiger partial charge in [-0.25, -0.2) is 0 Å². The summed E-state index contributed by atoms with van der Waals surface area (Å²) in [5, 5.41) is 0. The third kappa shape index (κ3) is 2.26. The van der Waals surface area contributed by atoms with E-state index in [1.165, 1.54) is 16.7 Å². The van der Waals surface area contributed by atoms with Crippen LogP contribution in [0.15, 0.2) is 18.2 Å². The van der Waals surface area contributed by atoms with Gasteiger partial charge < -0.3 is 4.74 Å². The van der Waals surface area contributed by atoms with Crippen LogP contribution in [0.5, 0.6) is 0 Å². The van der Waals surface area contributed by atoms with Gasteiger partial charge in [0.25, 0.3) is 0 Å². The summed E-state index contributed by atoms with van der Waals surface area (Å²) in [5.74, 6) is 6.19. The molecular formula is C13H20N2O. The monoisotopic (exact) mass is 220 g/mol. The fraction of sp³-hybridized carbons (Fsp3) is 0.538. The molecule has 88 valence electrons. The van der Waals surface area contributed by atoms with Crippen molar-refractivity contribution in [3.05, 3.63) is 34.9 Å². The molecule has 2 atom stereocenters. The molecule has 2 rings (SSSR count). The Balaban J connectivity index is 2.28. The zero-order valence-electron chi connectivity index (χ0n) is 9.99. The number of rotatable bonds is 3. The summed E-state index contributed by atoms with van der Waals surface area (Å²) < 4.78 is 5.44. The summed E-state index contributed by atoms with van der Waals surface area (Å²) in [6.45, 7) is 5.91. The molecule has 3 nitrogen and oxygen atoms in total. The molecular weight excluding hydrogens is 200 g/mol. The van der Waals surface area contributed by atoms with E-state index in [9.17, 15) is 0 Å². The zero-order chi connectivity index (χ0) is 11.5. The van der Waals surface area contributed by atoms with E-state index in [0.29, 0.717) is 5.92 Å². The van der Waals surface area contributed by atoms with Crippen molar-refractivity contribution in [3.8, 4) is 0 Å². The average molecular weight is 220 g/mol. The molecule has 0 aliphatic carbocycles. The third-order valence-electron chi connectivity index (χ3n) is 3.39. The van der Waals surface area contributed by atoms with E-state index in [1.54, 1.807) is 0 Å². The van der Waals surface area contributed by atoms with E-state index in [0.717, 1.165) is 19.6 Å². The molecule has 1 aliphatic heterocycles. The van der Waals surface area contributed by atoms with Gasteiger partial charge in [-0.05, 0) is 31.4 Å². The minimum Gasteiger partial charge on any atom is -0.381 e. The van der Waals surface area contributed by atoms with E-state index in [1.807, 2.05) is 0 Å². The number of aryl methyl sites for hydroxylation is 2. The largest absolute Gasteiger partial charge is 0.381 e. The molecule has 1 aromatic rings. The van der Waals surface area contributed by atoms with Crippen LogP contribution in [0.4, 0.5) is 0 Å². The van der Waals surface area contributed by atoms with E-state index in [2.05, 4.69) is 37.5 Å². The van der Waals surface area contributed by atoms with Gasteiger partial charge in [-0.3, -0.25) is 11.3 Å². The number of ether oxygens (including phenoxy) is 1. The summed E-state index contributed by atoms with van der Waals surface area (Å²) in [5.41, 5.74) is 6.82. The van der Waals surface area contributed by atoms with Crippen molar-refractivity contribution in [1.82, 2.24) is 5.43 Å². The number of nitrogens with two attached hydrogens (primary N) is 1. The molecule has 3 heteroatoms. The first kappa shape index (κ1) is 11.6. The summed E-state index contributed by atoms with van der Waals surface area (Å²) in [6, 6.07) is 6.72. The van der Waals surface area contributed by atoms with Crippen LogP contribution in [-0.2, 0) is 4.74 Å². The van der Waals surface area contributed by atoms with Crippen LogP contribution >= 0.6 is 0 Å². The Morgan fingerprint density at radius 1 is 1.44 bits per heavy atom. The first-order valence-corrected chi connectivity index (χ1v) is 5.83. The fourth-order valence-electron chi connectivity index (χ4n) is 2.39. The highest BCUT2D eigenvalue weighted by Crippen LogP contribution is 2.30. The molecule has 2 unspecified atom stereocenters. The zero-order valence-corrected chi connectivity index (χ0v) is 9.99. The summed E-state index contributed by atoms with van der Waals surface area (Å²) >= 11 is 0. The third-order valence-corrected chi connectivity index (χ3v) is 3.39. The van der Waals surface area contributed by atoms with Crippen LogP contribution in [0.3, 0.4) is 0 Å². The van der Waals surface area contributed by atoms with Crippen molar-refractivity contribution in [2.45, 2.75) is 26.3 Å². The predicted molar refractivity (Wildman–Crippen MR) is 64.9 cm³/mol. The second-order valence-corrected chi connectivity index (χ2v) is 4.63. The van der Waals surface area contributed by atoms with Gasteiger partial charge in [0, 0.05) is 12.5 Å². The molecule has 1 aliphatic rings. The Labute approximate surface area is 97.0 Å². The summed E-state index contributed by atoms with van der Waals surface area (Å²) in [4.78, 5) is 0. The van der Waals surface area contributed by atoms with Crippen molar-refractivity contribution in [2.24, 2.45) is 11.8 Å². The molecule has 1 aromatic carbocycles. The number of nitrogens with one attached hydrogen (secondary N) is 1. The second-order valence-electron chi connectivity index (χ2n) is 4.63. The molecule has 0 spiro atoms. The van der Waals surface area contributed by atoms with Gasteiger partial charge in [0.05, 0.1) is 12.6 Å².